The molecule has 0 rings (SSSR count). The molecule has 0 aromatic carbocycles. The van der Waals surface area contributed by atoms with Crippen LogP contribution in [0.2, 0.25) is 0 Å². The highest BCUT2D eigenvalue weighted by atomic mass is 16.5. The predicted octanol–water partition coefficient (Wildman–Crippen LogP) is 2.99. The molecule has 0 saturated heterocycles. The van der Waals surface area contributed by atoms with Gasteiger partial charge in [0.05, 0.1) is 6.61 Å². The van der Waals surface area contributed by atoms with Gasteiger partial charge in [-0.25, -0.2) is 0 Å². The van der Waals surface area contributed by atoms with Gasteiger partial charge < -0.3 is 10.1 Å². The molecule has 0 spiro atoms. The van der Waals surface area contributed by atoms with Crippen LogP contribution in [0, 0.1) is 11.3 Å². The highest BCUT2D eigenvalue weighted by molar-refractivity contribution is 5.76. The van der Waals surface area contributed by atoms with Crippen molar-refractivity contribution in [2.75, 3.05) is 13.2 Å². The van der Waals surface area contributed by atoms with Gasteiger partial charge in [-0.2, -0.15) is 0 Å². The Morgan fingerprint density at radius 1 is 1.18 bits per heavy atom. The number of hydrogen-bond acceptors (Lipinski definition) is 2. The van der Waals surface area contributed by atoms with E-state index in [0.29, 0.717) is 24.4 Å². The number of nitrogens with one attached hydrogen (secondary N) is 1. The van der Waals surface area contributed by atoms with Crippen LogP contribution >= 0.6 is 0 Å². The monoisotopic (exact) mass is 243 g/mol. The first-order valence-electron chi connectivity index (χ1n) is 6.59. The second kappa shape index (κ2) is 7.70. The van der Waals surface area contributed by atoms with Gasteiger partial charge in [-0.3, -0.25) is 4.79 Å². The number of carbonyl (C=O) groups is 1. The third kappa shape index (κ3) is 10.3. The van der Waals surface area contributed by atoms with Gasteiger partial charge in [-0.15, -0.1) is 0 Å². The zero-order valence-corrected chi connectivity index (χ0v) is 12.3. The van der Waals surface area contributed by atoms with E-state index in [4.69, 9.17) is 4.74 Å². The van der Waals surface area contributed by atoms with Crippen molar-refractivity contribution in [3.8, 4) is 0 Å². The Hall–Kier alpha value is -0.570. The van der Waals surface area contributed by atoms with Crippen LogP contribution in [0.5, 0.6) is 0 Å². The molecule has 0 aromatic heterocycles. The Morgan fingerprint density at radius 2 is 1.76 bits per heavy atom. The maximum absolute atomic E-state index is 11.5. The van der Waals surface area contributed by atoms with E-state index in [2.05, 4.69) is 39.9 Å². The van der Waals surface area contributed by atoms with E-state index >= 15 is 0 Å². The zero-order chi connectivity index (χ0) is 13.5. The summed E-state index contributed by atoms with van der Waals surface area (Å²) in [5, 5.41) is 2.97. The van der Waals surface area contributed by atoms with Gasteiger partial charge >= 0.3 is 0 Å². The molecule has 3 nitrogen and oxygen atoms in total. The molecular weight excluding hydrogens is 214 g/mol. The summed E-state index contributed by atoms with van der Waals surface area (Å²) in [5.74, 6) is 0.558. The quantitative estimate of drug-likeness (QED) is 0.698. The Balaban J connectivity index is 3.52. The second-order valence-corrected chi connectivity index (χ2v) is 6.27. The predicted molar refractivity (Wildman–Crippen MR) is 72.0 cm³/mol. The fraction of sp³-hybridized carbons (Fsp3) is 0.929. The molecule has 3 heteroatoms. The van der Waals surface area contributed by atoms with Crippen molar-refractivity contribution in [2.24, 2.45) is 11.3 Å². The fourth-order valence-corrected chi connectivity index (χ4v) is 1.14. The van der Waals surface area contributed by atoms with Crippen molar-refractivity contribution in [3.05, 3.63) is 0 Å². The summed E-state index contributed by atoms with van der Waals surface area (Å²) in [6.07, 6.45) is 1.48. The molecule has 0 fully saturated rings. The van der Waals surface area contributed by atoms with E-state index < -0.39 is 0 Å². The van der Waals surface area contributed by atoms with Gasteiger partial charge in [0.1, 0.15) is 0 Å². The van der Waals surface area contributed by atoms with Crippen molar-refractivity contribution < 1.29 is 9.53 Å². The van der Waals surface area contributed by atoms with Crippen LogP contribution in [0.4, 0.5) is 0 Å². The maximum atomic E-state index is 11.5. The molecule has 0 aliphatic carbocycles. The van der Waals surface area contributed by atoms with Gasteiger partial charge in [-0.1, -0.05) is 34.6 Å². The SMILES string of the molecule is CC(C)C(C)NC(=O)CCOCCC(C)(C)C. The van der Waals surface area contributed by atoms with E-state index in [1.165, 1.54) is 0 Å². The van der Waals surface area contributed by atoms with Crippen molar-refractivity contribution in [3.63, 3.8) is 0 Å². The summed E-state index contributed by atoms with van der Waals surface area (Å²) >= 11 is 0. The lowest BCUT2D eigenvalue weighted by molar-refractivity contribution is -0.123. The molecular formula is C14H29NO2. The van der Waals surface area contributed by atoms with Gasteiger partial charge in [0.2, 0.25) is 5.91 Å². The number of amides is 1. The number of carbonyl (C=O) groups excluding carboxylic acids is 1. The number of ether oxygens (including phenoxy) is 1. The van der Waals surface area contributed by atoms with Crippen LogP contribution in [0.1, 0.15) is 54.4 Å². The van der Waals surface area contributed by atoms with Crippen LogP contribution in [0.3, 0.4) is 0 Å². The van der Waals surface area contributed by atoms with Gasteiger partial charge in [0.15, 0.2) is 0 Å². The molecule has 1 amide bonds. The van der Waals surface area contributed by atoms with E-state index in [1.54, 1.807) is 0 Å². The molecule has 1 unspecified atom stereocenters. The van der Waals surface area contributed by atoms with Gasteiger partial charge in [0, 0.05) is 19.1 Å². The largest absolute Gasteiger partial charge is 0.381 e. The standard InChI is InChI=1S/C14H29NO2/c1-11(2)12(3)15-13(16)7-9-17-10-8-14(4,5)6/h11-12H,7-10H2,1-6H3,(H,15,16). The summed E-state index contributed by atoms with van der Waals surface area (Å²) in [6, 6.07) is 0.233. The molecule has 17 heavy (non-hydrogen) atoms. The molecule has 0 aromatic rings. The minimum Gasteiger partial charge on any atom is -0.381 e. The first-order valence-corrected chi connectivity index (χ1v) is 6.59. The molecule has 0 aliphatic rings. The van der Waals surface area contributed by atoms with Gasteiger partial charge in [0.25, 0.3) is 0 Å². The molecule has 1 atom stereocenters. The molecule has 0 aliphatic heterocycles. The first kappa shape index (κ1) is 16.4. The summed E-state index contributed by atoms with van der Waals surface area (Å²) in [7, 11) is 0. The fourth-order valence-electron chi connectivity index (χ4n) is 1.14. The average molecular weight is 243 g/mol. The van der Waals surface area contributed by atoms with Crippen molar-refractivity contribution in [1.29, 1.82) is 0 Å². The lowest BCUT2D eigenvalue weighted by Crippen LogP contribution is -2.36. The van der Waals surface area contributed by atoms with E-state index in [-0.39, 0.29) is 11.9 Å². The zero-order valence-electron chi connectivity index (χ0n) is 12.3. The van der Waals surface area contributed by atoms with Crippen LogP contribution in [0.15, 0.2) is 0 Å². The van der Waals surface area contributed by atoms with Gasteiger partial charge in [-0.05, 0) is 24.7 Å². The molecule has 0 saturated carbocycles. The van der Waals surface area contributed by atoms with E-state index in [0.717, 1.165) is 13.0 Å². The Morgan fingerprint density at radius 3 is 2.24 bits per heavy atom. The highest BCUT2D eigenvalue weighted by Gasteiger charge is 2.11. The average Bonchev–Trinajstić information content (AvgIpc) is 2.15. The van der Waals surface area contributed by atoms with Crippen molar-refractivity contribution in [1.82, 2.24) is 5.32 Å². The van der Waals surface area contributed by atoms with Crippen LogP contribution in [0.25, 0.3) is 0 Å². The summed E-state index contributed by atoms with van der Waals surface area (Å²) in [5.41, 5.74) is 0.300. The summed E-state index contributed by atoms with van der Waals surface area (Å²) in [6.45, 7) is 14.1. The van der Waals surface area contributed by atoms with Crippen molar-refractivity contribution >= 4 is 5.91 Å². The Labute approximate surface area is 106 Å². The minimum absolute atomic E-state index is 0.0851. The third-order valence-electron chi connectivity index (χ3n) is 2.86. The number of rotatable bonds is 7. The molecule has 1 N–H and O–H groups in total. The minimum atomic E-state index is 0.0851. The van der Waals surface area contributed by atoms with Crippen molar-refractivity contribution in [2.45, 2.75) is 60.4 Å². The Kier molecular flexibility index (Phi) is 7.44. The molecule has 0 bridgehead atoms. The summed E-state index contributed by atoms with van der Waals surface area (Å²) < 4.78 is 5.46. The first-order chi connectivity index (χ1) is 7.72. The molecule has 102 valence electrons. The molecule has 0 heterocycles. The van der Waals surface area contributed by atoms with Crippen LogP contribution < -0.4 is 5.32 Å². The normalized spacial score (nSPS) is 13.8. The lowest BCUT2D eigenvalue weighted by atomic mass is 9.93. The van der Waals surface area contributed by atoms with E-state index in [1.807, 2.05) is 6.92 Å². The van der Waals surface area contributed by atoms with Crippen LogP contribution in [-0.4, -0.2) is 25.2 Å². The topological polar surface area (TPSA) is 38.3 Å². The molecule has 0 radical (unpaired) electrons. The lowest BCUT2D eigenvalue weighted by Gasteiger charge is -2.18. The van der Waals surface area contributed by atoms with Crippen LogP contribution in [-0.2, 0) is 9.53 Å². The second-order valence-electron chi connectivity index (χ2n) is 6.27. The third-order valence-corrected chi connectivity index (χ3v) is 2.86. The Bertz CT molecular complexity index is 219. The van der Waals surface area contributed by atoms with E-state index in [9.17, 15) is 4.79 Å². The smallest absolute Gasteiger partial charge is 0.222 e. The summed E-state index contributed by atoms with van der Waals surface area (Å²) in [4.78, 5) is 11.5. The maximum Gasteiger partial charge on any atom is 0.222 e. The number of hydrogen-bond donors (Lipinski definition) is 1. The highest BCUT2D eigenvalue weighted by Crippen LogP contribution is 2.17.